The molecule has 0 bridgehead atoms. The maximum absolute atomic E-state index is 12.9. The molecule has 1 heterocycles. The lowest BCUT2D eigenvalue weighted by atomic mass is 9.91. The molecule has 26 heavy (non-hydrogen) atoms. The summed E-state index contributed by atoms with van der Waals surface area (Å²) in [5, 5.41) is 11.5. The quantitative estimate of drug-likeness (QED) is 0.680. The molecular weight excluding hydrogens is 330 g/mol. The number of hydrogen-bond donors (Lipinski definition) is 1. The molecule has 3 rings (SSSR count). The normalized spacial score (nSPS) is 19.2. The van der Waals surface area contributed by atoms with Crippen LogP contribution in [0.2, 0.25) is 0 Å². The molecule has 0 aromatic heterocycles. The van der Waals surface area contributed by atoms with E-state index in [0.717, 1.165) is 10.5 Å². The van der Waals surface area contributed by atoms with Gasteiger partial charge in [0.25, 0.3) is 5.91 Å². The molecule has 0 aliphatic carbocycles. The van der Waals surface area contributed by atoms with E-state index in [0.29, 0.717) is 16.7 Å². The molecule has 2 aromatic carbocycles. The van der Waals surface area contributed by atoms with E-state index in [1.807, 2.05) is 19.1 Å². The van der Waals surface area contributed by atoms with E-state index < -0.39 is 17.5 Å². The maximum Gasteiger partial charge on any atom is 0.325 e. The van der Waals surface area contributed by atoms with Gasteiger partial charge in [0, 0.05) is 5.56 Å². The minimum Gasteiger partial charge on any atom is -0.319 e. The SMILES string of the molecule is Cc1cccc(C(=O)CN2C(=O)NC(C)(c3ccc(C#N)cc3)C2=O)c1. The van der Waals surface area contributed by atoms with Crippen LogP contribution in [0.5, 0.6) is 0 Å². The predicted molar refractivity (Wildman–Crippen MR) is 94.3 cm³/mol. The van der Waals surface area contributed by atoms with Crippen LogP contribution in [0.25, 0.3) is 0 Å². The maximum atomic E-state index is 12.9. The van der Waals surface area contributed by atoms with Gasteiger partial charge in [-0.1, -0.05) is 35.9 Å². The standard InChI is InChI=1S/C20H17N3O3/c1-13-4-3-5-15(10-13)17(24)12-23-18(25)20(2,22-19(23)26)16-8-6-14(11-21)7-9-16/h3-10H,12H2,1-2H3,(H,22,26). The molecule has 3 amide bonds. The van der Waals surface area contributed by atoms with Crippen LogP contribution in [-0.2, 0) is 10.3 Å². The van der Waals surface area contributed by atoms with E-state index in [2.05, 4.69) is 5.32 Å². The molecule has 1 saturated heterocycles. The molecule has 1 aliphatic heterocycles. The van der Waals surface area contributed by atoms with Crippen molar-refractivity contribution >= 4 is 17.7 Å². The predicted octanol–water partition coefficient (Wildman–Crippen LogP) is 2.52. The number of nitriles is 1. The van der Waals surface area contributed by atoms with E-state index >= 15 is 0 Å². The zero-order valence-corrected chi connectivity index (χ0v) is 14.4. The fraction of sp³-hybridized carbons (Fsp3) is 0.200. The van der Waals surface area contributed by atoms with E-state index in [1.54, 1.807) is 49.4 Å². The van der Waals surface area contributed by atoms with Crippen molar-refractivity contribution in [2.24, 2.45) is 0 Å². The van der Waals surface area contributed by atoms with Gasteiger partial charge >= 0.3 is 6.03 Å². The second kappa shape index (κ2) is 6.45. The van der Waals surface area contributed by atoms with Gasteiger partial charge in [0.15, 0.2) is 5.78 Å². The third-order valence-corrected chi connectivity index (χ3v) is 4.51. The molecule has 1 fully saturated rings. The summed E-state index contributed by atoms with van der Waals surface area (Å²) in [6, 6.07) is 14.8. The summed E-state index contributed by atoms with van der Waals surface area (Å²) in [6.07, 6.45) is 0. The van der Waals surface area contributed by atoms with E-state index in [4.69, 9.17) is 5.26 Å². The van der Waals surface area contributed by atoms with Crippen LogP contribution in [0.15, 0.2) is 48.5 Å². The molecule has 0 saturated carbocycles. The van der Waals surface area contributed by atoms with Crippen molar-refractivity contribution in [3.63, 3.8) is 0 Å². The van der Waals surface area contributed by atoms with Gasteiger partial charge in [0.05, 0.1) is 18.2 Å². The second-order valence-electron chi connectivity index (χ2n) is 6.43. The first-order valence-corrected chi connectivity index (χ1v) is 8.10. The van der Waals surface area contributed by atoms with E-state index in [1.165, 1.54) is 0 Å². The second-order valence-corrected chi connectivity index (χ2v) is 6.43. The van der Waals surface area contributed by atoms with Crippen molar-refractivity contribution in [3.05, 3.63) is 70.8 Å². The fourth-order valence-electron chi connectivity index (χ4n) is 2.97. The monoisotopic (exact) mass is 347 g/mol. The summed E-state index contributed by atoms with van der Waals surface area (Å²) in [4.78, 5) is 38.6. The largest absolute Gasteiger partial charge is 0.325 e. The number of carbonyl (C=O) groups excluding carboxylic acids is 3. The van der Waals surface area contributed by atoms with Crippen molar-refractivity contribution < 1.29 is 14.4 Å². The van der Waals surface area contributed by atoms with Crippen molar-refractivity contribution in [2.45, 2.75) is 19.4 Å². The highest BCUT2D eigenvalue weighted by atomic mass is 16.2. The Bertz CT molecular complexity index is 944. The lowest BCUT2D eigenvalue weighted by molar-refractivity contribution is -0.130. The minimum atomic E-state index is -1.27. The summed E-state index contributed by atoms with van der Waals surface area (Å²) < 4.78 is 0. The number of aryl methyl sites for hydroxylation is 1. The summed E-state index contributed by atoms with van der Waals surface area (Å²) >= 11 is 0. The fourth-order valence-corrected chi connectivity index (χ4v) is 2.97. The van der Waals surface area contributed by atoms with Gasteiger partial charge in [0.1, 0.15) is 5.54 Å². The summed E-state index contributed by atoms with van der Waals surface area (Å²) in [7, 11) is 0. The van der Waals surface area contributed by atoms with Crippen LogP contribution >= 0.6 is 0 Å². The number of benzene rings is 2. The van der Waals surface area contributed by atoms with E-state index in [9.17, 15) is 14.4 Å². The number of nitrogens with zero attached hydrogens (tertiary/aromatic N) is 2. The van der Waals surface area contributed by atoms with Crippen LogP contribution in [-0.4, -0.2) is 29.2 Å². The Balaban J connectivity index is 1.84. The zero-order valence-electron chi connectivity index (χ0n) is 14.4. The lowest BCUT2D eigenvalue weighted by Gasteiger charge is -2.22. The Labute approximate surface area is 151 Å². The van der Waals surface area contributed by atoms with Crippen LogP contribution in [0.4, 0.5) is 4.79 Å². The first-order valence-electron chi connectivity index (χ1n) is 8.10. The Kier molecular flexibility index (Phi) is 4.31. The number of rotatable bonds is 4. The molecule has 130 valence electrons. The van der Waals surface area contributed by atoms with Gasteiger partial charge in [-0.2, -0.15) is 5.26 Å². The first-order chi connectivity index (χ1) is 12.3. The van der Waals surface area contributed by atoms with E-state index in [-0.39, 0.29) is 12.3 Å². The minimum absolute atomic E-state index is 0.304. The molecule has 0 spiro atoms. The van der Waals surface area contributed by atoms with Crippen molar-refractivity contribution in [1.82, 2.24) is 10.2 Å². The van der Waals surface area contributed by atoms with Crippen LogP contribution in [0.1, 0.15) is 34.0 Å². The van der Waals surface area contributed by atoms with Gasteiger partial charge in [-0.25, -0.2) is 4.79 Å². The molecule has 0 radical (unpaired) electrons. The van der Waals surface area contributed by atoms with Crippen molar-refractivity contribution in [3.8, 4) is 6.07 Å². The number of urea groups is 1. The number of carbonyl (C=O) groups is 3. The average molecular weight is 347 g/mol. The smallest absolute Gasteiger partial charge is 0.319 e. The number of Topliss-reactive ketones (excluding diaryl/α,β-unsaturated/α-hetero) is 1. The Morgan fingerprint density at radius 3 is 2.50 bits per heavy atom. The average Bonchev–Trinajstić information content (AvgIpc) is 2.86. The molecular formula is C20H17N3O3. The van der Waals surface area contributed by atoms with Crippen LogP contribution in [0.3, 0.4) is 0 Å². The summed E-state index contributed by atoms with van der Waals surface area (Å²) in [6.45, 7) is 3.14. The molecule has 6 nitrogen and oxygen atoms in total. The topological polar surface area (TPSA) is 90.3 Å². The molecule has 2 aromatic rings. The number of ketones is 1. The van der Waals surface area contributed by atoms with Gasteiger partial charge in [0.2, 0.25) is 0 Å². The molecule has 1 unspecified atom stereocenters. The van der Waals surface area contributed by atoms with Gasteiger partial charge < -0.3 is 5.32 Å². The number of nitrogens with one attached hydrogen (secondary N) is 1. The van der Waals surface area contributed by atoms with Gasteiger partial charge in [-0.15, -0.1) is 0 Å². The lowest BCUT2D eigenvalue weighted by Crippen LogP contribution is -2.41. The number of imide groups is 1. The molecule has 1 aliphatic rings. The highest BCUT2D eigenvalue weighted by molar-refractivity contribution is 6.11. The zero-order chi connectivity index (χ0) is 18.9. The Morgan fingerprint density at radius 1 is 1.19 bits per heavy atom. The first kappa shape index (κ1) is 17.4. The number of hydrogen-bond acceptors (Lipinski definition) is 4. The Morgan fingerprint density at radius 2 is 1.88 bits per heavy atom. The van der Waals surface area contributed by atoms with Gasteiger partial charge in [-0.3, -0.25) is 14.5 Å². The van der Waals surface area contributed by atoms with Crippen LogP contribution in [0, 0.1) is 18.3 Å². The molecule has 1 N–H and O–H groups in total. The van der Waals surface area contributed by atoms with Crippen molar-refractivity contribution in [2.75, 3.05) is 6.54 Å². The highest BCUT2D eigenvalue weighted by Gasteiger charge is 2.49. The third kappa shape index (κ3) is 2.95. The van der Waals surface area contributed by atoms with Crippen molar-refractivity contribution in [1.29, 1.82) is 5.26 Å². The summed E-state index contributed by atoms with van der Waals surface area (Å²) in [5.74, 6) is -0.797. The third-order valence-electron chi connectivity index (χ3n) is 4.51. The highest BCUT2D eigenvalue weighted by Crippen LogP contribution is 2.29. The Hall–Kier alpha value is -3.46. The van der Waals surface area contributed by atoms with Crippen LogP contribution < -0.4 is 5.32 Å². The number of amides is 3. The summed E-state index contributed by atoms with van der Waals surface area (Å²) in [5.41, 5.74) is 1.13. The molecule has 1 atom stereocenters. The molecule has 6 heteroatoms. The van der Waals surface area contributed by atoms with Gasteiger partial charge in [-0.05, 0) is 37.6 Å².